The lowest BCUT2D eigenvalue weighted by atomic mass is 10.1. The normalized spacial score (nSPS) is 11.2. The first-order chi connectivity index (χ1) is 9.47. The summed E-state index contributed by atoms with van der Waals surface area (Å²) in [5.41, 5.74) is 6.00. The van der Waals surface area contributed by atoms with Gasteiger partial charge >= 0.3 is 0 Å². The van der Waals surface area contributed by atoms with Gasteiger partial charge < -0.3 is 10.7 Å². The van der Waals surface area contributed by atoms with Crippen molar-refractivity contribution in [1.82, 2.24) is 15.0 Å². The molecule has 4 nitrogen and oxygen atoms in total. The summed E-state index contributed by atoms with van der Waals surface area (Å²) in [4.78, 5) is 10.4. The number of aryl methyl sites for hydroxylation is 1. The second kappa shape index (κ2) is 4.22. The third-order valence-electron chi connectivity index (χ3n) is 2.99. The largest absolute Gasteiger partial charge is 0.381 e. The lowest BCUT2D eigenvalue weighted by Crippen LogP contribution is -2.02. The van der Waals surface area contributed by atoms with Crippen LogP contribution in [0.25, 0.3) is 22.3 Å². The van der Waals surface area contributed by atoms with Crippen molar-refractivity contribution >= 4 is 16.7 Å². The van der Waals surface area contributed by atoms with Crippen LogP contribution in [0.3, 0.4) is 0 Å². The predicted molar refractivity (Wildman–Crippen MR) is 68.3 cm³/mol. The van der Waals surface area contributed by atoms with Crippen LogP contribution in [0.4, 0.5) is 19.0 Å². The van der Waals surface area contributed by atoms with Crippen LogP contribution in [-0.2, 0) is 0 Å². The maximum absolute atomic E-state index is 13.6. The number of anilines is 1. The van der Waals surface area contributed by atoms with E-state index in [9.17, 15) is 13.2 Å². The summed E-state index contributed by atoms with van der Waals surface area (Å²) >= 11 is 0. The summed E-state index contributed by atoms with van der Waals surface area (Å²) in [6.07, 6.45) is 1.43. The van der Waals surface area contributed by atoms with Gasteiger partial charge in [0.1, 0.15) is 11.6 Å². The van der Waals surface area contributed by atoms with E-state index in [0.29, 0.717) is 5.56 Å². The zero-order chi connectivity index (χ0) is 14.4. The molecule has 7 heteroatoms. The number of hydrogen-bond acceptors (Lipinski definition) is 3. The Bertz CT molecular complexity index is 803. The molecule has 0 atom stereocenters. The molecule has 20 heavy (non-hydrogen) atoms. The first-order valence-corrected chi connectivity index (χ1v) is 5.73. The van der Waals surface area contributed by atoms with Crippen LogP contribution in [0.15, 0.2) is 18.3 Å². The standard InChI is InChI=1S/C13H9F3N4/c1-5-10(16)12(17)20-13(19-5)8-4-18-11-7(8)2-6(14)3-9(11)15/h2-4,18H,1H3,(H2,17,19,20). The molecule has 3 aromatic rings. The molecule has 0 unspecified atom stereocenters. The molecule has 0 aliphatic heterocycles. The molecule has 2 aromatic heterocycles. The molecule has 3 rings (SSSR count). The van der Waals surface area contributed by atoms with Crippen LogP contribution in [0, 0.1) is 24.4 Å². The number of nitrogens with zero attached hydrogens (tertiary/aromatic N) is 2. The number of aromatic amines is 1. The summed E-state index contributed by atoms with van der Waals surface area (Å²) in [6, 6.07) is 1.93. The first kappa shape index (κ1) is 12.5. The number of rotatable bonds is 1. The van der Waals surface area contributed by atoms with Crippen molar-refractivity contribution in [3.8, 4) is 11.4 Å². The highest BCUT2D eigenvalue weighted by atomic mass is 19.1. The van der Waals surface area contributed by atoms with Gasteiger partial charge in [0.2, 0.25) is 0 Å². The third-order valence-corrected chi connectivity index (χ3v) is 2.99. The van der Waals surface area contributed by atoms with E-state index in [-0.39, 0.29) is 28.2 Å². The Morgan fingerprint density at radius 2 is 1.90 bits per heavy atom. The van der Waals surface area contributed by atoms with Crippen LogP contribution in [-0.4, -0.2) is 15.0 Å². The lowest BCUT2D eigenvalue weighted by Gasteiger charge is -2.04. The summed E-state index contributed by atoms with van der Waals surface area (Å²) in [5.74, 6) is -2.34. The zero-order valence-corrected chi connectivity index (χ0v) is 10.3. The van der Waals surface area contributed by atoms with Crippen molar-refractivity contribution in [2.24, 2.45) is 0 Å². The second-order valence-corrected chi connectivity index (χ2v) is 4.34. The molecule has 1 aromatic carbocycles. The van der Waals surface area contributed by atoms with Gasteiger partial charge in [-0.3, -0.25) is 0 Å². The fraction of sp³-hybridized carbons (Fsp3) is 0.0769. The quantitative estimate of drug-likeness (QED) is 0.719. The highest BCUT2D eigenvalue weighted by Crippen LogP contribution is 2.29. The average Bonchev–Trinajstić information content (AvgIpc) is 2.79. The molecule has 0 radical (unpaired) electrons. The number of aromatic nitrogens is 3. The molecule has 0 amide bonds. The molecule has 3 N–H and O–H groups in total. The molecule has 0 spiro atoms. The fourth-order valence-corrected chi connectivity index (χ4v) is 2.04. The van der Waals surface area contributed by atoms with Gasteiger partial charge in [-0.1, -0.05) is 0 Å². The first-order valence-electron chi connectivity index (χ1n) is 5.73. The molecule has 102 valence electrons. The van der Waals surface area contributed by atoms with Gasteiger partial charge in [0.05, 0.1) is 11.2 Å². The number of H-pyrrole nitrogens is 1. The molecule has 0 saturated heterocycles. The molecule has 0 fully saturated rings. The Hall–Kier alpha value is -2.57. The topological polar surface area (TPSA) is 67.6 Å². The Kier molecular flexibility index (Phi) is 2.63. The van der Waals surface area contributed by atoms with Crippen molar-refractivity contribution in [3.05, 3.63) is 41.5 Å². The van der Waals surface area contributed by atoms with E-state index < -0.39 is 17.5 Å². The van der Waals surface area contributed by atoms with Crippen LogP contribution in [0.5, 0.6) is 0 Å². The molecule has 0 saturated carbocycles. The van der Waals surface area contributed by atoms with Gasteiger partial charge in [-0.15, -0.1) is 0 Å². The van der Waals surface area contributed by atoms with Crippen LogP contribution >= 0.6 is 0 Å². The van der Waals surface area contributed by atoms with E-state index in [2.05, 4.69) is 15.0 Å². The van der Waals surface area contributed by atoms with E-state index in [4.69, 9.17) is 5.73 Å². The van der Waals surface area contributed by atoms with Crippen molar-refractivity contribution in [2.75, 3.05) is 5.73 Å². The molecular weight excluding hydrogens is 269 g/mol. The Labute approximate surface area is 111 Å². The lowest BCUT2D eigenvalue weighted by molar-refractivity contribution is 0.591. The van der Waals surface area contributed by atoms with Crippen molar-refractivity contribution in [2.45, 2.75) is 6.92 Å². The maximum Gasteiger partial charge on any atom is 0.186 e. The van der Waals surface area contributed by atoms with E-state index in [1.165, 1.54) is 13.1 Å². The van der Waals surface area contributed by atoms with Crippen LogP contribution in [0.1, 0.15) is 5.69 Å². The molecule has 0 aliphatic carbocycles. The van der Waals surface area contributed by atoms with Gasteiger partial charge in [0, 0.05) is 23.2 Å². The van der Waals surface area contributed by atoms with Gasteiger partial charge in [0.15, 0.2) is 17.5 Å². The monoisotopic (exact) mass is 278 g/mol. The van der Waals surface area contributed by atoms with E-state index >= 15 is 0 Å². The molecule has 0 bridgehead atoms. The summed E-state index contributed by atoms with van der Waals surface area (Å²) < 4.78 is 40.3. The Morgan fingerprint density at radius 1 is 1.15 bits per heavy atom. The number of nitrogen functional groups attached to an aromatic ring is 1. The summed E-state index contributed by atoms with van der Waals surface area (Å²) in [5, 5.41) is 0.271. The van der Waals surface area contributed by atoms with Gasteiger partial charge in [-0.2, -0.15) is 0 Å². The SMILES string of the molecule is Cc1nc(-c2c[nH]c3c(F)cc(F)cc23)nc(N)c1F. The van der Waals surface area contributed by atoms with Crippen molar-refractivity contribution in [3.63, 3.8) is 0 Å². The molecule has 0 aliphatic rings. The molecular formula is C13H9F3N4. The van der Waals surface area contributed by atoms with Crippen molar-refractivity contribution in [1.29, 1.82) is 0 Å². The number of fused-ring (bicyclic) bond motifs is 1. The van der Waals surface area contributed by atoms with E-state index in [0.717, 1.165) is 12.1 Å². The average molecular weight is 278 g/mol. The minimum Gasteiger partial charge on any atom is -0.381 e. The fourth-order valence-electron chi connectivity index (χ4n) is 2.04. The van der Waals surface area contributed by atoms with Crippen LogP contribution < -0.4 is 5.73 Å². The number of halogens is 3. The number of hydrogen-bond donors (Lipinski definition) is 2. The van der Waals surface area contributed by atoms with E-state index in [1.807, 2.05) is 0 Å². The minimum atomic E-state index is -0.724. The number of nitrogens with two attached hydrogens (primary N) is 1. The summed E-state index contributed by atoms with van der Waals surface area (Å²) in [7, 11) is 0. The van der Waals surface area contributed by atoms with E-state index in [1.54, 1.807) is 0 Å². The predicted octanol–water partition coefficient (Wildman–Crippen LogP) is 2.93. The third kappa shape index (κ3) is 1.78. The highest BCUT2D eigenvalue weighted by molar-refractivity contribution is 5.94. The summed E-state index contributed by atoms with van der Waals surface area (Å²) in [6.45, 7) is 1.44. The highest BCUT2D eigenvalue weighted by Gasteiger charge is 2.16. The Morgan fingerprint density at radius 3 is 2.60 bits per heavy atom. The van der Waals surface area contributed by atoms with Gasteiger partial charge in [-0.25, -0.2) is 23.1 Å². The van der Waals surface area contributed by atoms with Crippen molar-refractivity contribution < 1.29 is 13.2 Å². The smallest absolute Gasteiger partial charge is 0.186 e. The molecule has 2 heterocycles. The second-order valence-electron chi connectivity index (χ2n) is 4.34. The van der Waals surface area contributed by atoms with Crippen LogP contribution in [0.2, 0.25) is 0 Å². The Balaban J connectivity index is 2.30. The minimum absolute atomic E-state index is 0.0683. The number of benzene rings is 1. The zero-order valence-electron chi connectivity index (χ0n) is 10.3. The maximum atomic E-state index is 13.6. The number of nitrogens with one attached hydrogen (secondary N) is 1. The van der Waals surface area contributed by atoms with Gasteiger partial charge in [0.25, 0.3) is 0 Å². The van der Waals surface area contributed by atoms with Gasteiger partial charge in [-0.05, 0) is 13.0 Å².